The minimum atomic E-state index is -0.0738. The summed E-state index contributed by atoms with van der Waals surface area (Å²) in [5, 5.41) is 8.73. The van der Waals surface area contributed by atoms with Crippen LogP contribution >= 0.6 is 11.3 Å². The summed E-state index contributed by atoms with van der Waals surface area (Å²) in [4.78, 5) is 16.6. The summed E-state index contributed by atoms with van der Waals surface area (Å²) < 4.78 is 7.50. The fourth-order valence-electron chi connectivity index (χ4n) is 3.38. The number of thiophene rings is 1. The first-order valence-electron chi connectivity index (χ1n) is 9.52. The number of hydrogen-bond donors (Lipinski definition) is 1. The predicted octanol–water partition coefficient (Wildman–Crippen LogP) is 4.08. The van der Waals surface area contributed by atoms with Gasteiger partial charge < -0.3 is 9.73 Å². The number of benzene rings is 1. The van der Waals surface area contributed by atoms with E-state index >= 15 is 0 Å². The van der Waals surface area contributed by atoms with E-state index in [1.165, 1.54) is 16.9 Å². The van der Waals surface area contributed by atoms with Gasteiger partial charge in [-0.3, -0.25) is 14.4 Å². The Balaban J connectivity index is 1.52. The number of likely N-dealkylation sites (N-methyl/N-ethyl adjacent to an activating group) is 1. The summed E-state index contributed by atoms with van der Waals surface area (Å²) in [6.45, 7) is 3.15. The van der Waals surface area contributed by atoms with Crippen LogP contribution in [-0.2, 0) is 6.54 Å². The van der Waals surface area contributed by atoms with Gasteiger partial charge in [0.05, 0.1) is 29.4 Å². The van der Waals surface area contributed by atoms with E-state index in [0.29, 0.717) is 18.0 Å². The zero-order valence-corrected chi connectivity index (χ0v) is 17.6. The summed E-state index contributed by atoms with van der Waals surface area (Å²) in [5.41, 5.74) is 2.12. The number of fused-ring (bicyclic) bond motifs is 1. The molecule has 0 saturated carbocycles. The third-order valence-electron chi connectivity index (χ3n) is 4.96. The zero-order chi connectivity index (χ0) is 20.4. The number of rotatable bonds is 7. The van der Waals surface area contributed by atoms with Crippen molar-refractivity contribution < 1.29 is 9.21 Å². The van der Waals surface area contributed by atoms with Crippen LogP contribution in [0.1, 0.15) is 32.7 Å². The fraction of sp³-hybridized carbons (Fsp3) is 0.273. The van der Waals surface area contributed by atoms with Gasteiger partial charge in [0.25, 0.3) is 5.91 Å². The molecule has 6 nitrogen and oxygen atoms in total. The first-order valence-corrected chi connectivity index (χ1v) is 10.3. The highest BCUT2D eigenvalue weighted by Gasteiger charge is 2.20. The molecule has 1 aromatic carbocycles. The van der Waals surface area contributed by atoms with E-state index in [1.54, 1.807) is 6.26 Å². The summed E-state index contributed by atoms with van der Waals surface area (Å²) in [6.07, 6.45) is 1.65. The Kier molecular flexibility index (Phi) is 5.51. The van der Waals surface area contributed by atoms with E-state index < -0.39 is 0 Å². The first-order chi connectivity index (χ1) is 14.0. The molecular formula is C22H24N4O2S. The van der Waals surface area contributed by atoms with Gasteiger partial charge in [-0.15, -0.1) is 11.3 Å². The van der Waals surface area contributed by atoms with Crippen LogP contribution in [0.15, 0.2) is 59.2 Å². The van der Waals surface area contributed by atoms with Crippen molar-refractivity contribution in [2.75, 3.05) is 20.6 Å². The Labute approximate surface area is 173 Å². The maximum absolute atomic E-state index is 12.8. The van der Waals surface area contributed by atoms with Gasteiger partial charge in [-0.2, -0.15) is 5.10 Å². The van der Waals surface area contributed by atoms with Crippen molar-refractivity contribution in [1.82, 2.24) is 20.0 Å². The van der Waals surface area contributed by atoms with Crippen LogP contribution in [0.25, 0.3) is 10.2 Å². The third kappa shape index (κ3) is 4.11. The monoisotopic (exact) mass is 408 g/mol. The van der Waals surface area contributed by atoms with Gasteiger partial charge in [0.2, 0.25) is 0 Å². The van der Waals surface area contributed by atoms with Crippen LogP contribution in [0.3, 0.4) is 0 Å². The molecule has 0 radical (unpaired) electrons. The van der Waals surface area contributed by atoms with Crippen LogP contribution in [0.2, 0.25) is 0 Å². The number of aromatic nitrogens is 2. The molecule has 0 aliphatic rings. The number of nitrogens with one attached hydrogen (secondary N) is 1. The Morgan fingerprint density at radius 1 is 1.24 bits per heavy atom. The lowest BCUT2D eigenvalue weighted by Gasteiger charge is -2.22. The molecule has 1 atom stereocenters. The molecule has 1 amide bonds. The van der Waals surface area contributed by atoms with Crippen molar-refractivity contribution >= 4 is 27.5 Å². The molecule has 0 bridgehead atoms. The standard InChI is InChI=1S/C22H24N4O2S/c1-15-17-12-20(21(27)23-13-18(25(2)3)19-10-7-11-28-19)29-22(17)26(24-15)14-16-8-5-4-6-9-16/h4-12,18H,13-14H2,1-3H3,(H,23,27)/t18-/m1/s1. The molecule has 29 heavy (non-hydrogen) atoms. The van der Waals surface area contributed by atoms with Crippen molar-refractivity contribution in [1.29, 1.82) is 0 Å². The lowest BCUT2D eigenvalue weighted by Crippen LogP contribution is -2.34. The van der Waals surface area contributed by atoms with Crippen LogP contribution in [0.5, 0.6) is 0 Å². The number of aryl methyl sites for hydroxylation is 1. The molecule has 3 aromatic heterocycles. The topological polar surface area (TPSA) is 63.3 Å². The molecule has 7 heteroatoms. The van der Waals surface area contributed by atoms with Crippen molar-refractivity contribution in [3.8, 4) is 0 Å². The number of hydrogen-bond acceptors (Lipinski definition) is 5. The Hall–Kier alpha value is -2.90. The highest BCUT2D eigenvalue weighted by atomic mass is 32.1. The van der Waals surface area contributed by atoms with E-state index in [-0.39, 0.29) is 11.9 Å². The second kappa shape index (κ2) is 8.23. The lowest BCUT2D eigenvalue weighted by atomic mass is 10.2. The van der Waals surface area contributed by atoms with E-state index in [1.807, 2.05) is 67.0 Å². The van der Waals surface area contributed by atoms with Crippen LogP contribution in [-0.4, -0.2) is 41.2 Å². The minimum absolute atomic E-state index is 0.0152. The van der Waals surface area contributed by atoms with Gasteiger partial charge >= 0.3 is 0 Å². The molecule has 0 fully saturated rings. The molecule has 1 N–H and O–H groups in total. The van der Waals surface area contributed by atoms with E-state index in [4.69, 9.17) is 4.42 Å². The molecule has 4 aromatic rings. The number of furan rings is 1. The first kappa shape index (κ1) is 19.4. The van der Waals surface area contributed by atoms with Gasteiger partial charge in [-0.25, -0.2) is 0 Å². The number of carbonyl (C=O) groups is 1. The second-order valence-electron chi connectivity index (χ2n) is 7.26. The van der Waals surface area contributed by atoms with Crippen molar-refractivity contribution in [3.63, 3.8) is 0 Å². The van der Waals surface area contributed by atoms with Gasteiger partial charge in [-0.05, 0) is 44.8 Å². The van der Waals surface area contributed by atoms with E-state index in [2.05, 4.69) is 22.5 Å². The highest BCUT2D eigenvalue weighted by molar-refractivity contribution is 7.20. The molecular weight excluding hydrogens is 384 g/mol. The summed E-state index contributed by atoms with van der Waals surface area (Å²) >= 11 is 1.48. The summed E-state index contributed by atoms with van der Waals surface area (Å²) in [6, 6.07) is 15.9. The normalized spacial score (nSPS) is 12.6. The number of nitrogens with zero attached hydrogens (tertiary/aromatic N) is 3. The largest absolute Gasteiger partial charge is 0.468 e. The molecule has 0 unspecified atom stereocenters. The molecule has 0 aliphatic heterocycles. The minimum Gasteiger partial charge on any atom is -0.468 e. The van der Waals surface area contributed by atoms with Gasteiger partial charge in [0.1, 0.15) is 10.6 Å². The van der Waals surface area contributed by atoms with E-state index in [0.717, 1.165) is 21.7 Å². The fourth-order valence-corrected chi connectivity index (χ4v) is 4.46. The van der Waals surface area contributed by atoms with Crippen LogP contribution < -0.4 is 5.32 Å². The van der Waals surface area contributed by atoms with Crippen molar-refractivity contribution in [2.24, 2.45) is 0 Å². The second-order valence-corrected chi connectivity index (χ2v) is 8.29. The molecule has 4 rings (SSSR count). The molecule has 0 spiro atoms. The Morgan fingerprint density at radius 3 is 2.72 bits per heavy atom. The quantitative estimate of drug-likeness (QED) is 0.500. The smallest absolute Gasteiger partial charge is 0.261 e. The zero-order valence-electron chi connectivity index (χ0n) is 16.8. The Bertz CT molecular complexity index is 1100. The molecule has 0 aliphatic carbocycles. The average molecular weight is 409 g/mol. The van der Waals surface area contributed by atoms with Crippen molar-refractivity contribution in [3.05, 3.63) is 76.7 Å². The molecule has 150 valence electrons. The highest BCUT2D eigenvalue weighted by Crippen LogP contribution is 2.29. The van der Waals surface area contributed by atoms with Gasteiger partial charge in [0.15, 0.2) is 0 Å². The third-order valence-corrected chi connectivity index (χ3v) is 6.10. The lowest BCUT2D eigenvalue weighted by molar-refractivity contribution is 0.0943. The number of carbonyl (C=O) groups excluding carboxylic acids is 1. The van der Waals surface area contributed by atoms with Crippen LogP contribution in [0.4, 0.5) is 0 Å². The average Bonchev–Trinajstić information content (AvgIpc) is 3.42. The summed E-state index contributed by atoms with van der Waals surface area (Å²) in [5.74, 6) is 0.760. The van der Waals surface area contributed by atoms with Gasteiger partial charge in [-0.1, -0.05) is 30.3 Å². The SMILES string of the molecule is Cc1nn(Cc2ccccc2)c2sc(C(=O)NC[C@H](c3ccco3)N(C)C)cc12. The van der Waals surface area contributed by atoms with E-state index in [9.17, 15) is 4.79 Å². The molecule has 0 saturated heterocycles. The van der Waals surface area contributed by atoms with Gasteiger partial charge in [0, 0.05) is 11.9 Å². The Morgan fingerprint density at radius 2 is 2.03 bits per heavy atom. The van der Waals surface area contributed by atoms with Crippen LogP contribution in [0, 0.1) is 6.92 Å². The summed E-state index contributed by atoms with van der Waals surface area (Å²) in [7, 11) is 3.95. The number of amides is 1. The maximum atomic E-state index is 12.8. The molecule has 3 heterocycles. The maximum Gasteiger partial charge on any atom is 0.261 e. The van der Waals surface area contributed by atoms with Crippen molar-refractivity contribution in [2.45, 2.75) is 19.5 Å². The predicted molar refractivity (Wildman–Crippen MR) is 115 cm³/mol.